The third-order valence-electron chi connectivity index (χ3n) is 4.40. The van der Waals surface area contributed by atoms with Crippen LogP contribution in [0.5, 0.6) is 0 Å². The number of thioether (sulfide) groups is 1. The van der Waals surface area contributed by atoms with Gasteiger partial charge in [-0.25, -0.2) is 4.98 Å². The van der Waals surface area contributed by atoms with E-state index in [9.17, 15) is 9.59 Å². The van der Waals surface area contributed by atoms with E-state index in [1.807, 2.05) is 33.2 Å². The van der Waals surface area contributed by atoms with Gasteiger partial charge in [0.25, 0.3) is 5.91 Å². The maximum Gasteiger partial charge on any atom is 0.251 e. The lowest BCUT2D eigenvalue weighted by atomic mass is 10.0. The van der Waals surface area contributed by atoms with Gasteiger partial charge >= 0.3 is 0 Å². The second-order valence-electron chi connectivity index (χ2n) is 7.23. The molecular weight excluding hydrogens is 456 g/mol. The Kier molecular flexibility index (Phi) is 7.69. The first kappa shape index (κ1) is 23.2. The van der Waals surface area contributed by atoms with Gasteiger partial charge in [0.2, 0.25) is 5.91 Å². The van der Waals surface area contributed by atoms with Crippen molar-refractivity contribution in [3.63, 3.8) is 0 Å². The minimum atomic E-state index is -0.345. The number of hydrogen-bond donors (Lipinski definition) is 2. The van der Waals surface area contributed by atoms with E-state index in [2.05, 4.69) is 25.8 Å². The summed E-state index contributed by atoms with van der Waals surface area (Å²) in [5.41, 5.74) is 1.38. The van der Waals surface area contributed by atoms with E-state index in [1.165, 1.54) is 23.1 Å². The number of rotatable bonds is 8. The highest BCUT2D eigenvalue weighted by Crippen LogP contribution is 2.25. The summed E-state index contributed by atoms with van der Waals surface area (Å²) in [7, 11) is 1.82. The zero-order valence-electron chi connectivity index (χ0n) is 17.5. The molecule has 164 valence electrons. The number of halogens is 1. The number of aryl methyl sites for hydroxylation is 1. The topological polar surface area (TPSA) is 102 Å². The molecule has 3 aromatic rings. The van der Waals surface area contributed by atoms with Crippen LogP contribution < -0.4 is 10.6 Å². The van der Waals surface area contributed by atoms with Crippen LogP contribution in [0.15, 0.2) is 34.8 Å². The van der Waals surface area contributed by atoms with Crippen LogP contribution >= 0.6 is 34.7 Å². The molecule has 0 bridgehead atoms. The SMILES string of the molecule is Cc1csc(NC(=O)CSc2nnc([C@@H](NC(=O)c3ccc(Cl)cc3)C(C)C)n2C)n1. The lowest BCUT2D eigenvalue weighted by Gasteiger charge is -2.21. The zero-order chi connectivity index (χ0) is 22.5. The number of thiazole rings is 1. The highest BCUT2D eigenvalue weighted by molar-refractivity contribution is 7.99. The fourth-order valence-corrected chi connectivity index (χ4v) is 4.32. The first-order valence-electron chi connectivity index (χ1n) is 9.55. The van der Waals surface area contributed by atoms with Crippen LogP contribution in [0.3, 0.4) is 0 Å². The van der Waals surface area contributed by atoms with Crippen molar-refractivity contribution in [2.75, 3.05) is 11.1 Å². The van der Waals surface area contributed by atoms with Gasteiger partial charge < -0.3 is 15.2 Å². The third-order valence-corrected chi connectivity index (χ3v) is 6.55. The van der Waals surface area contributed by atoms with Gasteiger partial charge in [-0.05, 0) is 37.1 Å². The lowest BCUT2D eigenvalue weighted by molar-refractivity contribution is -0.113. The largest absolute Gasteiger partial charge is 0.342 e. The average Bonchev–Trinajstić information content (AvgIpc) is 3.29. The molecule has 2 N–H and O–H groups in total. The molecule has 0 saturated carbocycles. The normalized spacial score (nSPS) is 12.1. The molecule has 1 atom stereocenters. The number of carbonyl (C=O) groups excluding carboxylic acids is 2. The molecule has 2 amide bonds. The van der Waals surface area contributed by atoms with Crippen molar-refractivity contribution in [2.24, 2.45) is 13.0 Å². The standard InChI is InChI=1S/C20H23ClN6O2S2/c1-11(2)16(24-18(29)13-5-7-14(21)8-6-13)17-25-26-20(27(17)4)31-10-15(28)23-19-22-12(3)9-30-19/h5-9,11,16H,10H2,1-4H3,(H,24,29)(H,22,23,28)/t16-/m0/s1. The van der Waals surface area contributed by atoms with Crippen LogP contribution in [0.2, 0.25) is 5.02 Å². The molecule has 2 aromatic heterocycles. The van der Waals surface area contributed by atoms with Gasteiger partial charge in [-0.1, -0.05) is 37.2 Å². The van der Waals surface area contributed by atoms with Crippen molar-refractivity contribution in [1.82, 2.24) is 25.1 Å². The molecule has 0 spiro atoms. The van der Waals surface area contributed by atoms with Crippen molar-refractivity contribution in [1.29, 1.82) is 0 Å². The molecule has 1 aromatic carbocycles. The Bertz CT molecular complexity index is 1060. The minimum absolute atomic E-state index is 0.0773. The van der Waals surface area contributed by atoms with Crippen molar-refractivity contribution >= 4 is 51.6 Å². The summed E-state index contributed by atoms with van der Waals surface area (Å²) in [6.07, 6.45) is 0. The van der Waals surface area contributed by atoms with Crippen LogP contribution in [-0.2, 0) is 11.8 Å². The Balaban J connectivity index is 1.66. The van der Waals surface area contributed by atoms with E-state index in [-0.39, 0.29) is 29.5 Å². The zero-order valence-corrected chi connectivity index (χ0v) is 19.9. The van der Waals surface area contributed by atoms with E-state index in [0.29, 0.717) is 26.7 Å². The Labute approximate surface area is 193 Å². The quantitative estimate of drug-likeness (QED) is 0.473. The molecule has 0 radical (unpaired) electrons. The third kappa shape index (κ3) is 6.05. The van der Waals surface area contributed by atoms with Crippen LogP contribution in [0.25, 0.3) is 0 Å². The minimum Gasteiger partial charge on any atom is -0.342 e. The number of anilines is 1. The predicted molar refractivity (Wildman–Crippen MR) is 124 cm³/mol. The van der Waals surface area contributed by atoms with Crippen LogP contribution in [0.4, 0.5) is 5.13 Å². The summed E-state index contributed by atoms with van der Waals surface area (Å²) in [4.78, 5) is 29.1. The van der Waals surface area contributed by atoms with Crippen molar-refractivity contribution in [3.05, 3.63) is 51.7 Å². The molecule has 0 saturated heterocycles. The molecule has 11 heteroatoms. The molecule has 0 aliphatic carbocycles. The van der Waals surface area contributed by atoms with Crippen LogP contribution in [-0.4, -0.2) is 37.3 Å². The molecule has 2 heterocycles. The summed E-state index contributed by atoms with van der Waals surface area (Å²) in [5, 5.41) is 17.9. The average molecular weight is 479 g/mol. The van der Waals surface area contributed by atoms with Crippen molar-refractivity contribution in [3.8, 4) is 0 Å². The molecule has 0 aliphatic heterocycles. The number of carbonyl (C=O) groups is 2. The van der Waals surface area contributed by atoms with Gasteiger partial charge in [0.05, 0.1) is 17.5 Å². The van der Waals surface area contributed by atoms with E-state index in [1.54, 1.807) is 28.8 Å². The Hall–Kier alpha value is -2.43. The predicted octanol–water partition coefficient (Wildman–Crippen LogP) is 4.09. The number of benzene rings is 1. The van der Waals surface area contributed by atoms with Gasteiger partial charge in [-0.2, -0.15) is 0 Å². The number of nitrogens with one attached hydrogen (secondary N) is 2. The molecule has 0 fully saturated rings. The maximum absolute atomic E-state index is 12.7. The smallest absolute Gasteiger partial charge is 0.251 e. The first-order chi connectivity index (χ1) is 14.7. The summed E-state index contributed by atoms with van der Waals surface area (Å²) >= 11 is 8.56. The monoisotopic (exact) mass is 478 g/mol. The van der Waals surface area contributed by atoms with E-state index < -0.39 is 0 Å². The van der Waals surface area contributed by atoms with Crippen LogP contribution in [0, 0.1) is 12.8 Å². The Morgan fingerprint density at radius 2 is 1.94 bits per heavy atom. The number of aromatic nitrogens is 4. The molecule has 0 aliphatic rings. The van der Waals surface area contributed by atoms with Crippen molar-refractivity contribution in [2.45, 2.75) is 32.0 Å². The molecule has 0 unspecified atom stereocenters. The van der Waals surface area contributed by atoms with Gasteiger partial charge in [0, 0.05) is 23.0 Å². The Morgan fingerprint density at radius 1 is 1.23 bits per heavy atom. The van der Waals surface area contributed by atoms with Crippen LogP contribution in [0.1, 0.15) is 41.8 Å². The fourth-order valence-electron chi connectivity index (χ4n) is 2.77. The number of hydrogen-bond acceptors (Lipinski definition) is 7. The summed E-state index contributed by atoms with van der Waals surface area (Å²) < 4.78 is 1.80. The van der Waals surface area contributed by atoms with Crippen molar-refractivity contribution < 1.29 is 9.59 Å². The van der Waals surface area contributed by atoms with E-state index >= 15 is 0 Å². The molecular formula is C20H23ClN6O2S2. The second-order valence-corrected chi connectivity index (χ2v) is 9.47. The molecule has 31 heavy (non-hydrogen) atoms. The summed E-state index contributed by atoms with van der Waals surface area (Å²) in [5.74, 6) is 0.490. The van der Waals surface area contributed by atoms with Gasteiger partial charge in [-0.3, -0.25) is 9.59 Å². The molecule has 3 rings (SSSR count). The fraction of sp³-hybridized carbons (Fsp3) is 0.350. The van der Waals surface area contributed by atoms with Gasteiger partial charge in [-0.15, -0.1) is 21.5 Å². The number of nitrogens with zero attached hydrogens (tertiary/aromatic N) is 4. The van der Waals surface area contributed by atoms with Gasteiger partial charge in [0.15, 0.2) is 16.1 Å². The van der Waals surface area contributed by atoms with E-state index in [0.717, 1.165) is 5.69 Å². The maximum atomic E-state index is 12.7. The summed E-state index contributed by atoms with van der Waals surface area (Å²) in [6.45, 7) is 5.87. The first-order valence-corrected chi connectivity index (χ1v) is 11.8. The van der Waals surface area contributed by atoms with Gasteiger partial charge in [0.1, 0.15) is 0 Å². The summed E-state index contributed by atoms with van der Waals surface area (Å²) in [6, 6.07) is 6.36. The second kappa shape index (κ2) is 10.3. The Morgan fingerprint density at radius 3 is 2.55 bits per heavy atom. The highest BCUT2D eigenvalue weighted by atomic mass is 35.5. The number of amides is 2. The lowest BCUT2D eigenvalue weighted by Crippen LogP contribution is -2.33. The highest BCUT2D eigenvalue weighted by Gasteiger charge is 2.25. The van der Waals surface area contributed by atoms with E-state index in [4.69, 9.17) is 11.6 Å². The molecule has 8 nitrogen and oxygen atoms in total.